The molecule has 0 aromatic heterocycles. The van der Waals surface area contributed by atoms with Gasteiger partial charge in [0, 0.05) is 5.56 Å². The number of methoxy groups -OCH3 is 1. The molecule has 1 heterocycles. The molecule has 1 aliphatic rings. The molecule has 1 aliphatic heterocycles. The molecule has 4 heteroatoms. The third kappa shape index (κ3) is 2.08. The number of hydrogen-bond donors (Lipinski definition) is 1. The van der Waals surface area contributed by atoms with Gasteiger partial charge < -0.3 is 4.74 Å². The van der Waals surface area contributed by atoms with Gasteiger partial charge in [0.2, 0.25) is 0 Å². The van der Waals surface area contributed by atoms with Crippen LogP contribution in [-0.2, 0) is 10.7 Å². The molecule has 96 valence electrons. The quantitative estimate of drug-likeness (QED) is 0.885. The molecule has 3 nitrogen and oxygen atoms in total. The van der Waals surface area contributed by atoms with Gasteiger partial charge in [0.25, 0.3) is 0 Å². The molecule has 0 saturated heterocycles. The van der Waals surface area contributed by atoms with Gasteiger partial charge in [0.1, 0.15) is 10.8 Å². The fourth-order valence-electron chi connectivity index (χ4n) is 2.02. The molecule has 1 atom stereocenters. The van der Waals surface area contributed by atoms with Gasteiger partial charge in [-0.15, -0.1) is 0 Å². The Labute approximate surface area is 114 Å². The van der Waals surface area contributed by atoms with Gasteiger partial charge in [-0.25, -0.2) is 4.99 Å². The van der Waals surface area contributed by atoms with Crippen LogP contribution in [0.1, 0.15) is 11.1 Å². The summed E-state index contributed by atoms with van der Waals surface area (Å²) in [5.74, 6) is 0.781. The van der Waals surface area contributed by atoms with Gasteiger partial charge in [-0.1, -0.05) is 29.8 Å². The van der Waals surface area contributed by atoms with E-state index in [0.717, 1.165) is 26.9 Å². The Morgan fingerprint density at radius 2 is 1.84 bits per heavy atom. The first-order chi connectivity index (χ1) is 9.19. The molecule has 0 bridgehead atoms. The lowest BCUT2D eigenvalue weighted by atomic mass is 10.2. The number of nitrogens with zero attached hydrogens (tertiary/aromatic N) is 1. The number of hydrogen-bond acceptors (Lipinski definition) is 3. The minimum atomic E-state index is -0.735. The lowest BCUT2D eigenvalue weighted by molar-refractivity contribution is 0.414. The van der Waals surface area contributed by atoms with Gasteiger partial charge in [-0.2, -0.15) is 0 Å². The van der Waals surface area contributed by atoms with Crippen LogP contribution in [0.4, 0.5) is 5.69 Å². The predicted octanol–water partition coefficient (Wildman–Crippen LogP) is 3.84. The molecule has 1 unspecified atom stereocenters. The summed E-state index contributed by atoms with van der Waals surface area (Å²) in [6, 6.07) is 13.9. The molecule has 3 rings (SSSR count). The Morgan fingerprint density at radius 1 is 1.11 bits per heavy atom. The van der Waals surface area contributed by atoms with Crippen molar-refractivity contribution in [1.82, 2.24) is 0 Å². The summed E-state index contributed by atoms with van der Waals surface area (Å²) in [7, 11) is 0.904. The topological polar surface area (TPSA) is 45.4 Å². The second-order valence-corrected chi connectivity index (χ2v) is 5.86. The van der Waals surface area contributed by atoms with Crippen molar-refractivity contribution in [1.29, 1.82) is 4.78 Å². The number of nitrogens with one attached hydrogen (secondary N) is 1. The first-order valence-electron chi connectivity index (χ1n) is 5.98. The zero-order chi connectivity index (χ0) is 13.4. The van der Waals surface area contributed by atoms with Crippen molar-refractivity contribution in [2.45, 2.75) is 11.8 Å². The van der Waals surface area contributed by atoms with Gasteiger partial charge in [-0.3, -0.25) is 4.78 Å². The van der Waals surface area contributed by atoms with E-state index in [1.165, 1.54) is 5.56 Å². The van der Waals surface area contributed by atoms with E-state index in [9.17, 15) is 0 Å². The molecular formula is C15H14N2OS. The van der Waals surface area contributed by atoms with Gasteiger partial charge in [0.15, 0.2) is 0 Å². The first-order valence-corrected chi connectivity index (χ1v) is 7.21. The van der Waals surface area contributed by atoms with E-state index in [0.29, 0.717) is 0 Å². The summed E-state index contributed by atoms with van der Waals surface area (Å²) in [6.07, 6.45) is 0. The molecule has 1 N–H and O–H groups in total. The third-order valence-electron chi connectivity index (χ3n) is 3.10. The van der Waals surface area contributed by atoms with E-state index in [2.05, 4.69) is 24.0 Å². The Hall–Kier alpha value is -1.94. The summed E-state index contributed by atoms with van der Waals surface area (Å²) < 4.78 is 13.6. The van der Waals surface area contributed by atoms with Crippen LogP contribution in [0, 0.1) is 11.7 Å². The van der Waals surface area contributed by atoms with Crippen molar-refractivity contribution in [2.75, 3.05) is 7.11 Å². The van der Waals surface area contributed by atoms with Crippen molar-refractivity contribution in [3.8, 4) is 5.75 Å². The second-order valence-electron chi connectivity index (χ2n) is 4.42. The van der Waals surface area contributed by atoms with Gasteiger partial charge >= 0.3 is 0 Å². The first kappa shape index (κ1) is 12.1. The monoisotopic (exact) mass is 270 g/mol. The lowest BCUT2D eigenvalue weighted by Gasteiger charge is -2.04. The highest BCUT2D eigenvalue weighted by atomic mass is 32.2. The zero-order valence-corrected chi connectivity index (χ0v) is 11.6. The largest absolute Gasteiger partial charge is 0.497 e. The Kier molecular flexibility index (Phi) is 2.95. The van der Waals surface area contributed by atoms with E-state index in [1.807, 2.05) is 30.3 Å². The number of fused-ring (bicyclic) bond motifs is 1. The van der Waals surface area contributed by atoms with E-state index < -0.39 is 10.7 Å². The summed E-state index contributed by atoms with van der Waals surface area (Å²) in [4.78, 5) is 5.53. The van der Waals surface area contributed by atoms with Gasteiger partial charge in [-0.05, 0) is 35.8 Å². The summed E-state index contributed by atoms with van der Waals surface area (Å²) in [5, 5.41) is 0.836. The van der Waals surface area contributed by atoms with Crippen molar-refractivity contribution in [3.05, 3.63) is 53.6 Å². The predicted molar refractivity (Wildman–Crippen MR) is 78.7 cm³/mol. The van der Waals surface area contributed by atoms with Crippen molar-refractivity contribution < 1.29 is 4.74 Å². The minimum absolute atomic E-state index is 0.735. The Balaban J connectivity index is 2.04. The normalized spacial score (nSPS) is 16.9. The number of rotatable bonds is 2. The molecule has 0 saturated carbocycles. The van der Waals surface area contributed by atoms with Crippen LogP contribution >= 0.6 is 0 Å². The maximum Gasteiger partial charge on any atom is 0.120 e. The van der Waals surface area contributed by atoms with Gasteiger partial charge in [0.05, 0.1) is 17.7 Å². The van der Waals surface area contributed by atoms with Crippen LogP contribution < -0.4 is 4.74 Å². The molecule has 2 aromatic carbocycles. The van der Waals surface area contributed by atoms with Crippen molar-refractivity contribution in [3.63, 3.8) is 0 Å². The molecule has 0 fully saturated rings. The highest BCUT2D eigenvalue weighted by Crippen LogP contribution is 2.35. The van der Waals surface area contributed by atoms with Crippen LogP contribution in [-0.4, -0.2) is 12.2 Å². The van der Waals surface area contributed by atoms with Crippen LogP contribution in [0.3, 0.4) is 0 Å². The van der Waals surface area contributed by atoms with Crippen LogP contribution in [0.2, 0.25) is 0 Å². The van der Waals surface area contributed by atoms with Crippen molar-refractivity contribution >= 4 is 21.4 Å². The smallest absolute Gasteiger partial charge is 0.120 e. The Morgan fingerprint density at radius 3 is 2.53 bits per heavy atom. The average molecular weight is 270 g/mol. The molecule has 2 aromatic rings. The highest BCUT2D eigenvalue weighted by Gasteiger charge is 2.21. The molecule has 0 amide bonds. The fourth-order valence-corrected chi connectivity index (χ4v) is 3.34. The fraction of sp³-hybridized carbons (Fsp3) is 0.133. The van der Waals surface area contributed by atoms with Crippen molar-refractivity contribution in [2.24, 2.45) is 4.99 Å². The summed E-state index contributed by atoms with van der Waals surface area (Å²) >= 11 is 0. The minimum Gasteiger partial charge on any atom is -0.497 e. The maximum absolute atomic E-state index is 8.38. The van der Waals surface area contributed by atoms with Crippen LogP contribution in [0.5, 0.6) is 5.75 Å². The number of ether oxygens (including phenoxy) is 1. The SMILES string of the molecule is COc1ccc2c(c1)S(=N)C(c1ccc(C)cc1)=N2. The van der Waals surface area contributed by atoms with E-state index in [4.69, 9.17) is 9.52 Å². The van der Waals surface area contributed by atoms with E-state index in [-0.39, 0.29) is 0 Å². The lowest BCUT2D eigenvalue weighted by Crippen LogP contribution is -2.03. The van der Waals surface area contributed by atoms with E-state index >= 15 is 0 Å². The highest BCUT2D eigenvalue weighted by molar-refractivity contribution is 8.02. The standard InChI is InChI=1S/C15H14N2OS/c1-10-3-5-11(6-4-10)15-17-13-8-7-12(18-2)9-14(13)19(15)16/h3-9,16H,1-2H3. The van der Waals surface area contributed by atoms with E-state index in [1.54, 1.807) is 7.11 Å². The number of benzene rings is 2. The summed E-state index contributed by atoms with van der Waals surface area (Å²) in [6.45, 7) is 2.06. The molecule has 0 radical (unpaired) electrons. The molecule has 0 aliphatic carbocycles. The zero-order valence-electron chi connectivity index (χ0n) is 10.8. The second kappa shape index (κ2) is 4.63. The maximum atomic E-state index is 8.38. The summed E-state index contributed by atoms with van der Waals surface area (Å²) in [5.41, 5.74) is 3.13. The Bertz CT molecular complexity index is 690. The van der Waals surface area contributed by atoms with Crippen LogP contribution in [0.25, 0.3) is 0 Å². The molecular weight excluding hydrogens is 256 g/mol. The van der Waals surface area contributed by atoms with Crippen LogP contribution in [0.15, 0.2) is 52.4 Å². The number of aliphatic imine (C=N–C) groups is 1. The molecule has 19 heavy (non-hydrogen) atoms. The number of aryl methyl sites for hydroxylation is 1. The molecule has 0 spiro atoms. The average Bonchev–Trinajstić information content (AvgIpc) is 2.76. The third-order valence-corrected chi connectivity index (χ3v) is 4.58.